The molecular formula is C12H16N2O4. The first-order chi connectivity index (χ1) is 8.49. The maximum absolute atomic E-state index is 11.3. The number of benzene rings is 1. The van der Waals surface area contributed by atoms with Crippen LogP contribution in [0.4, 0.5) is 0 Å². The molecule has 0 bridgehead atoms. The Bertz CT molecular complexity index is 408. The minimum atomic E-state index is -1.89. The van der Waals surface area contributed by atoms with Gasteiger partial charge in [0.25, 0.3) is 0 Å². The summed E-state index contributed by atoms with van der Waals surface area (Å²) in [6.07, 6.45) is -1.42. The van der Waals surface area contributed by atoms with E-state index in [1.807, 2.05) is 35.6 Å². The lowest BCUT2D eigenvalue weighted by Crippen LogP contribution is -2.43. The lowest BCUT2D eigenvalue weighted by molar-refractivity contribution is -0.151. The van der Waals surface area contributed by atoms with Gasteiger partial charge in [-0.3, -0.25) is 4.79 Å². The number of nitrogens with one attached hydrogen (secondary N) is 1. The molecular weight excluding hydrogens is 236 g/mol. The zero-order valence-electron chi connectivity index (χ0n) is 9.74. The van der Waals surface area contributed by atoms with Crippen LogP contribution in [0, 0.1) is 0 Å². The van der Waals surface area contributed by atoms with E-state index < -0.39 is 24.1 Å². The SMILES string of the molecule is N[C@@H](CC(=O)N[C@@H](O)C(=O)O)Cc1ccccc1. The molecule has 18 heavy (non-hydrogen) atoms. The molecule has 6 nitrogen and oxygen atoms in total. The molecule has 0 aliphatic carbocycles. The van der Waals surface area contributed by atoms with Gasteiger partial charge in [0.15, 0.2) is 0 Å². The number of rotatable bonds is 6. The van der Waals surface area contributed by atoms with Crippen LogP contribution in [-0.4, -0.2) is 34.4 Å². The first kappa shape index (κ1) is 14.1. The Morgan fingerprint density at radius 1 is 1.28 bits per heavy atom. The van der Waals surface area contributed by atoms with Crippen LogP contribution in [0.25, 0.3) is 0 Å². The number of carboxylic acid groups (broad SMARTS) is 1. The first-order valence-corrected chi connectivity index (χ1v) is 5.49. The van der Waals surface area contributed by atoms with E-state index in [1.165, 1.54) is 0 Å². The number of nitrogens with two attached hydrogens (primary N) is 1. The minimum absolute atomic E-state index is 0.0424. The van der Waals surface area contributed by atoms with Crippen LogP contribution >= 0.6 is 0 Å². The zero-order chi connectivity index (χ0) is 13.5. The van der Waals surface area contributed by atoms with E-state index in [-0.39, 0.29) is 6.42 Å². The van der Waals surface area contributed by atoms with Gasteiger partial charge in [0, 0.05) is 12.5 Å². The van der Waals surface area contributed by atoms with Crippen molar-refractivity contribution < 1.29 is 19.8 Å². The minimum Gasteiger partial charge on any atom is -0.478 e. The standard InChI is InChI=1S/C12H16N2O4/c13-9(6-8-4-2-1-3-5-8)7-10(15)14-11(16)12(17)18/h1-5,9,11,16H,6-7,13H2,(H,14,15)(H,17,18)/t9-,11+/m1/s1. The second-order valence-electron chi connectivity index (χ2n) is 3.96. The van der Waals surface area contributed by atoms with Crippen molar-refractivity contribution in [2.45, 2.75) is 25.1 Å². The third-order valence-corrected chi connectivity index (χ3v) is 2.32. The lowest BCUT2D eigenvalue weighted by atomic mass is 10.0. The number of aliphatic hydroxyl groups is 1. The molecule has 0 heterocycles. The molecule has 0 unspecified atom stereocenters. The smallest absolute Gasteiger partial charge is 0.353 e. The summed E-state index contributed by atoms with van der Waals surface area (Å²) >= 11 is 0. The van der Waals surface area contributed by atoms with Gasteiger partial charge in [-0.1, -0.05) is 30.3 Å². The molecule has 1 rings (SSSR count). The molecule has 6 heteroatoms. The molecule has 0 aromatic heterocycles. The largest absolute Gasteiger partial charge is 0.478 e. The monoisotopic (exact) mass is 252 g/mol. The first-order valence-electron chi connectivity index (χ1n) is 5.49. The molecule has 0 radical (unpaired) electrons. The summed E-state index contributed by atoms with van der Waals surface area (Å²) in [5, 5.41) is 19.3. The Morgan fingerprint density at radius 2 is 1.89 bits per heavy atom. The fraction of sp³-hybridized carbons (Fsp3) is 0.333. The van der Waals surface area contributed by atoms with Gasteiger partial charge >= 0.3 is 5.97 Å². The van der Waals surface area contributed by atoms with E-state index >= 15 is 0 Å². The maximum atomic E-state index is 11.3. The van der Waals surface area contributed by atoms with Crippen molar-refractivity contribution in [3.63, 3.8) is 0 Å². The second-order valence-corrected chi connectivity index (χ2v) is 3.96. The van der Waals surface area contributed by atoms with Crippen molar-refractivity contribution >= 4 is 11.9 Å². The van der Waals surface area contributed by atoms with Gasteiger partial charge in [0.1, 0.15) is 0 Å². The fourth-order valence-electron chi connectivity index (χ4n) is 1.50. The predicted octanol–water partition coefficient (Wildman–Crippen LogP) is -0.534. The maximum Gasteiger partial charge on any atom is 0.353 e. The van der Waals surface area contributed by atoms with Crippen molar-refractivity contribution in [3.05, 3.63) is 35.9 Å². The number of aliphatic carboxylic acids is 1. The van der Waals surface area contributed by atoms with Crippen molar-refractivity contribution in [1.82, 2.24) is 5.32 Å². The topological polar surface area (TPSA) is 113 Å². The van der Waals surface area contributed by atoms with E-state index in [1.54, 1.807) is 0 Å². The molecule has 1 amide bonds. The normalized spacial score (nSPS) is 13.7. The molecule has 5 N–H and O–H groups in total. The molecule has 0 aliphatic rings. The third-order valence-electron chi connectivity index (χ3n) is 2.32. The van der Waals surface area contributed by atoms with Crippen LogP contribution in [0.1, 0.15) is 12.0 Å². The Kier molecular flexibility index (Phi) is 5.29. The molecule has 0 spiro atoms. The average Bonchev–Trinajstić information content (AvgIpc) is 2.29. The number of carbonyl (C=O) groups excluding carboxylic acids is 1. The summed E-state index contributed by atoms with van der Waals surface area (Å²) in [5.74, 6) is -2.09. The van der Waals surface area contributed by atoms with Gasteiger partial charge in [-0.2, -0.15) is 0 Å². The number of aliphatic hydroxyl groups excluding tert-OH is 1. The number of amides is 1. The van der Waals surface area contributed by atoms with Gasteiger partial charge in [-0.05, 0) is 12.0 Å². The number of hydrogen-bond acceptors (Lipinski definition) is 4. The van der Waals surface area contributed by atoms with E-state index in [0.29, 0.717) is 6.42 Å². The van der Waals surface area contributed by atoms with Crippen LogP contribution in [0.3, 0.4) is 0 Å². The van der Waals surface area contributed by atoms with Gasteiger partial charge in [-0.15, -0.1) is 0 Å². The van der Waals surface area contributed by atoms with Gasteiger partial charge < -0.3 is 21.3 Å². The molecule has 0 aliphatic heterocycles. The van der Waals surface area contributed by atoms with Crippen molar-refractivity contribution in [1.29, 1.82) is 0 Å². The summed E-state index contributed by atoms with van der Waals surface area (Å²) in [7, 11) is 0. The molecule has 0 fully saturated rings. The van der Waals surface area contributed by atoms with Gasteiger partial charge in [-0.25, -0.2) is 4.79 Å². The molecule has 98 valence electrons. The quantitative estimate of drug-likeness (QED) is 0.508. The Labute approximate surface area is 104 Å². The van der Waals surface area contributed by atoms with Gasteiger partial charge in [0.05, 0.1) is 0 Å². The third kappa shape index (κ3) is 4.94. The summed E-state index contributed by atoms with van der Waals surface area (Å²) in [6, 6.07) is 8.99. The van der Waals surface area contributed by atoms with E-state index in [2.05, 4.69) is 0 Å². The van der Waals surface area contributed by atoms with Crippen LogP contribution in [0.2, 0.25) is 0 Å². The summed E-state index contributed by atoms with van der Waals surface area (Å²) in [5.41, 5.74) is 6.77. The van der Waals surface area contributed by atoms with Crippen molar-refractivity contribution in [2.75, 3.05) is 0 Å². The Balaban J connectivity index is 2.38. The van der Waals surface area contributed by atoms with Crippen LogP contribution in [0.15, 0.2) is 30.3 Å². The van der Waals surface area contributed by atoms with E-state index in [0.717, 1.165) is 5.56 Å². The molecule has 0 saturated carbocycles. The Morgan fingerprint density at radius 3 is 2.44 bits per heavy atom. The molecule has 1 aromatic carbocycles. The summed E-state index contributed by atoms with van der Waals surface area (Å²) in [6.45, 7) is 0. The zero-order valence-corrected chi connectivity index (χ0v) is 9.74. The van der Waals surface area contributed by atoms with E-state index in [4.69, 9.17) is 15.9 Å². The highest BCUT2D eigenvalue weighted by Gasteiger charge is 2.17. The number of hydrogen-bond donors (Lipinski definition) is 4. The summed E-state index contributed by atoms with van der Waals surface area (Å²) in [4.78, 5) is 21.7. The summed E-state index contributed by atoms with van der Waals surface area (Å²) < 4.78 is 0. The van der Waals surface area contributed by atoms with Crippen LogP contribution in [-0.2, 0) is 16.0 Å². The number of carboxylic acids is 1. The highest BCUT2D eigenvalue weighted by atomic mass is 16.4. The molecule has 0 saturated heterocycles. The highest BCUT2D eigenvalue weighted by molar-refractivity contribution is 5.82. The molecule has 2 atom stereocenters. The average molecular weight is 252 g/mol. The van der Waals surface area contributed by atoms with Crippen molar-refractivity contribution in [3.8, 4) is 0 Å². The highest BCUT2D eigenvalue weighted by Crippen LogP contribution is 2.04. The van der Waals surface area contributed by atoms with Crippen LogP contribution in [0.5, 0.6) is 0 Å². The molecule has 1 aromatic rings. The fourth-order valence-corrected chi connectivity index (χ4v) is 1.50. The van der Waals surface area contributed by atoms with Crippen molar-refractivity contribution in [2.24, 2.45) is 5.73 Å². The number of carbonyl (C=O) groups is 2. The second kappa shape index (κ2) is 6.73. The Hall–Kier alpha value is -1.92. The van der Waals surface area contributed by atoms with Crippen LogP contribution < -0.4 is 11.1 Å². The van der Waals surface area contributed by atoms with E-state index in [9.17, 15) is 9.59 Å². The van der Waals surface area contributed by atoms with Gasteiger partial charge in [0.2, 0.25) is 12.1 Å². The lowest BCUT2D eigenvalue weighted by Gasteiger charge is -2.13. The predicted molar refractivity (Wildman–Crippen MR) is 64.5 cm³/mol.